The molecule has 1 aliphatic heterocycles. The fourth-order valence-corrected chi connectivity index (χ4v) is 1.44. The molecule has 0 spiro atoms. The molecule has 0 bridgehead atoms. The fourth-order valence-electron chi connectivity index (χ4n) is 1.44. The predicted molar refractivity (Wildman–Crippen MR) is 40.8 cm³/mol. The largest absolute Gasteiger partial charge is 0.311 e. The van der Waals surface area contributed by atoms with Crippen LogP contribution in [0.3, 0.4) is 0 Å². The Labute approximate surface area is 62.0 Å². The number of piperidine rings is 1. The lowest BCUT2D eigenvalue weighted by molar-refractivity contribution is 0.129. The molecular formula is C8H16FN. The number of alkyl halides is 1. The highest BCUT2D eigenvalue weighted by Gasteiger charge is 2.29. The summed E-state index contributed by atoms with van der Waals surface area (Å²) in [6, 6.07) is 0.0845. The van der Waals surface area contributed by atoms with Gasteiger partial charge in [0.15, 0.2) is 0 Å². The van der Waals surface area contributed by atoms with Crippen LogP contribution < -0.4 is 5.32 Å². The van der Waals surface area contributed by atoms with Gasteiger partial charge in [0.1, 0.15) is 5.67 Å². The number of hydrogen-bond acceptors (Lipinski definition) is 1. The van der Waals surface area contributed by atoms with E-state index in [-0.39, 0.29) is 6.04 Å². The van der Waals surface area contributed by atoms with E-state index in [1.54, 1.807) is 13.8 Å². The van der Waals surface area contributed by atoms with E-state index < -0.39 is 5.67 Å². The van der Waals surface area contributed by atoms with Crippen LogP contribution in [0, 0.1) is 0 Å². The minimum atomic E-state index is -1.04. The molecule has 1 aliphatic rings. The summed E-state index contributed by atoms with van der Waals surface area (Å²) in [5, 5.41) is 3.18. The zero-order valence-corrected chi connectivity index (χ0v) is 6.78. The molecule has 0 radical (unpaired) electrons. The van der Waals surface area contributed by atoms with Crippen LogP contribution >= 0.6 is 0 Å². The summed E-state index contributed by atoms with van der Waals surface area (Å²) in [6.07, 6.45) is 3.36. The molecule has 2 heteroatoms. The third kappa shape index (κ3) is 1.94. The highest BCUT2D eigenvalue weighted by atomic mass is 19.1. The second-order valence-corrected chi connectivity index (χ2v) is 3.57. The van der Waals surface area contributed by atoms with Gasteiger partial charge in [0.2, 0.25) is 0 Å². The first-order valence-electron chi connectivity index (χ1n) is 4.03. The van der Waals surface area contributed by atoms with Crippen molar-refractivity contribution >= 4 is 0 Å². The molecule has 1 atom stereocenters. The standard InChI is InChI=1S/C8H16FN/c1-8(2,9)7-5-3-4-6-10-7/h7,10H,3-6H2,1-2H3. The minimum Gasteiger partial charge on any atom is -0.311 e. The minimum absolute atomic E-state index is 0.0845. The Bertz CT molecular complexity index is 100. The lowest BCUT2D eigenvalue weighted by Gasteiger charge is -2.31. The van der Waals surface area contributed by atoms with Crippen molar-refractivity contribution < 1.29 is 4.39 Å². The van der Waals surface area contributed by atoms with Gasteiger partial charge < -0.3 is 5.32 Å². The molecule has 0 aromatic rings. The van der Waals surface area contributed by atoms with Crippen LogP contribution in [0.25, 0.3) is 0 Å². The fraction of sp³-hybridized carbons (Fsp3) is 1.00. The van der Waals surface area contributed by atoms with Crippen LogP contribution in [0.1, 0.15) is 33.1 Å². The van der Waals surface area contributed by atoms with Crippen LogP contribution in [-0.4, -0.2) is 18.3 Å². The highest BCUT2D eigenvalue weighted by Crippen LogP contribution is 2.21. The lowest BCUT2D eigenvalue weighted by Crippen LogP contribution is -2.46. The van der Waals surface area contributed by atoms with Crippen molar-refractivity contribution in [2.45, 2.75) is 44.8 Å². The second-order valence-electron chi connectivity index (χ2n) is 3.57. The maximum absolute atomic E-state index is 13.2. The van der Waals surface area contributed by atoms with E-state index in [4.69, 9.17) is 0 Å². The van der Waals surface area contributed by atoms with Crippen molar-refractivity contribution in [3.8, 4) is 0 Å². The summed E-state index contributed by atoms with van der Waals surface area (Å²) in [5.41, 5.74) is -1.04. The molecule has 1 saturated heterocycles. The summed E-state index contributed by atoms with van der Waals surface area (Å²) in [5.74, 6) is 0. The Kier molecular flexibility index (Phi) is 2.29. The third-order valence-electron chi connectivity index (χ3n) is 2.14. The van der Waals surface area contributed by atoms with E-state index in [2.05, 4.69) is 5.32 Å². The first kappa shape index (κ1) is 7.99. The number of hydrogen-bond donors (Lipinski definition) is 1. The van der Waals surface area contributed by atoms with Gasteiger partial charge >= 0.3 is 0 Å². The van der Waals surface area contributed by atoms with E-state index in [0.717, 1.165) is 13.0 Å². The first-order chi connectivity index (χ1) is 4.61. The topological polar surface area (TPSA) is 12.0 Å². The molecular weight excluding hydrogens is 129 g/mol. The summed E-state index contributed by atoms with van der Waals surface area (Å²) in [7, 11) is 0. The molecule has 0 saturated carbocycles. The normalized spacial score (nSPS) is 28.5. The van der Waals surface area contributed by atoms with Gasteiger partial charge in [-0.25, -0.2) is 4.39 Å². The van der Waals surface area contributed by atoms with Crippen LogP contribution in [-0.2, 0) is 0 Å². The molecule has 1 nitrogen and oxygen atoms in total. The van der Waals surface area contributed by atoms with Crippen molar-refractivity contribution in [2.24, 2.45) is 0 Å². The average Bonchev–Trinajstić information content (AvgIpc) is 1.88. The molecule has 1 rings (SSSR count). The predicted octanol–water partition coefficient (Wildman–Crippen LogP) is 1.88. The molecule has 1 N–H and O–H groups in total. The van der Waals surface area contributed by atoms with Gasteiger partial charge in [-0.15, -0.1) is 0 Å². The molecule has 0 amide bonds. The highest BCUT2D eigenvalue weighted by molar-refractivity contribution is 4.86. The first-order valence-corrected chi connectivity index (χ1v) is 4.03. The molecule has 1 fully saturated rings. The maximum atomic E-state index is 13.2. The zero-order valence-electron chi connectivity index (χ0n) is 6.78. The van der Waals surface area contributed by atoms with Gasteiger partial charge in [0.05, 0.1) is 0 Å². The Hall–Kier alpha value is -0.110. The monoisotopic (exact) mass is 145 g/mol. The van der Waals surface area contributed by atoms with E-state index >= 15 is 0 Å². The SMILES string of the molecule is CC(C)(F)C1CCCCN1. The van der Waals surface area contributed by atoms with Crippen LogP contribution in [0.2, 0.25) is 0 Å². The van der Waals surface area contributed by atoms with Crippen molar-refractivity contribution in [3.05, 3.63) is 0 Å². The smallest absolute Gasteiger partial charge is 0.120 e. The van der Waals surface area contributed by atoms with E-state index in [1.807, 2.05) is 0 Å². The third-order valence-corrected chi connectivity index (χ3v) is 2.14. The summed E-state index contributed by atoms with van der Waals surface area (Å²) in [4.78, 5) is 0. The molecule has 60 valence electrons. The van der Waals surface area contributed by atoms with E-state index in [0.29, 0.717) is 0 Å². The van der Waals surface area contributed by atoms with Crippen molar-refractivity contribution in [1.29, 1.82) is 0 Å². The van der Waals surface area contributed by atoms with Crippen LogP contribution in [0.15, 0.2) is 0 Å². The zero-order chi connectivity index (χ0) is 7.61. The number of rotatable bonds is 1. The molecule has 0 aromatic heterocycles. The summed E-state index contributed by atoms with van der Waals surface area (Å²) in [6.45, 7) is 4.28. The Morgan fingerprint density at radius 2 is 2.10 bits per heavy atom. The molecule has 1 heterocycles. The molecule has 0 aromatic carbocycles. The van der Waals surface area contributed by atoms with Crippen LogP contribution in [0.4, 0.5) is 4.39 Å². The van der Waals surface area contributed by atoms with E-state index in [1.165, 1.54) is 12.8 Å². The van der Waals surface area contributed by atoms with Crippen LogP contribution in [0.5, 0.6) is 0 Å². The van der Waals surface area contributed by atoms with E-state index in [9.17, 15) is 4.39 Å². The number of halogens is 1. The summed E-state index contributed by atoms with van der Waals surface area (Å²) < 4.78 is 13.2. The van der Waals surface area contributed by atoms with Crippen molar-refractivity contribution in [2.75, 3.05) is 6.54 Å². The maximum Gasteiger partial charge on any atom is 0.120 e. The summed E-state index contributed by atoms with van der Waals surface area (Å²) >= 11 is 0. The second kappa shape index (κ2) is 2.87. The Morgan fingerprint density at radius 3 is 2.40 bits per heavy atom. The van der Waals surface area contributed by atoms with Crippen molar-refractivity contribution in [3.63, 3.8) is 0 Å². The van der Waals surface area contributed by atoms with Gasteiger partial charge in [-0.3, -0.25) is 0 Å². The number of nitrogens with one attached hydrogen (secondary N) is 1. The van der Waals surface area contributed by atoms with Gasteiger partial charge in [-0.2, -0.15) is 0 Å². The Morgan fingerprint density at radius 1 is 1.40 bits per heavy atom. The molecule has 10 heavy (non-hydrogen) atoms. The molecule has 1 unspecified atom stereocenters. The Balaban J connectivity index is 2.39. The average molecular weight is 145 g/mol. The van der Waals surface area contributed by atoms with Gasteiger partial charge in [0, 0.05) is 6.04 Å². The van der Waals surface area contributed by atoms with Gasteiger partial charge in [-0.05, 0) is 33.2 Å². The molecule has 0 aliphatic carbocycles. The van der Waals surface area contributed by atoms with Gasteiger partial charge in [0.25, 0.3) is 0 Å². The quantitative estimate of drug-likeness (QED) is 0.594. The van der Waals surface area contributed by atoms with Crippen molar-refractivity contribution in [1.82, 2.24) is 5.32 Å². The van der Waals surface area contributed by atoms with Gasteiger partial charge in [-0.1, -0.05) is 6.42 Å². The lowest BCUT2D eigenvalue weighted by atomic mass is 9.93.